The summed E-state index contributed by atoms with van der Waals surface area (Å²) in [7, 11) is 4.13. The molecule has 0 bridgehead atoms. The van der Waals surface area contributed by atoms with Gasteiger partial charge in [-0.1, -0.05) is 54.6 Å². The molecule has 0 spiro atoms. The Labute approximate surface area is 142 Å². The van der Waals surface area contributed by atoms with Crippen molar-refractivity contribution in [3.05, 3.63) is 77.4 Å². The zero-order valence-electron chi connectivity index (χ0n) is 14.1. The van der Waals surface area contributed by atoms with Crippen LogP contribution in [0.25, 0.3) is 10.8 Å². The maximum atomic E-state index is 10.2. The zero-order valence-corrected chi connectivity index (χ0v) is 14.1. The quantitative estimate of drug-likeness (QED) is 0.715. The normalized spacial score (nSPS) is 11.6. The summed E-state index contributed by atoms with van der Waals surface area (Å²) in [6.45, 7) is 1.50. The smallest absolute Gasteiger partial charge is 0.124 e. The molecule has 0 atom stereocenters. The second-order valence-corrected chi connectivity index (χ2v) is 6.20. The molecule has 0 radical (unpaired) electrons. The number of phenolic OH excluding ortho intramolecular Hbond substituents is 1. The first-order chi connectivity index (χ1) is 11.6. The van der Waals surface area contributed by atoms with E-state index in [4.69, 9.17) is 0 Å². The summed E-state index contributed by atoms with van der Waals surface area (Å²) < 4.78 is 0. The van der Waals surface area contributed by atoms with Crippen LogP contribution in [0.15, 0.2) is 65.7 Å². The lowest BCUT2D eigenvalue weighted by atomic mass is 10.0. The van der Waals surface area contributed by atoms with Gasteiger partial charge in [-0.05, 0) is 42.1 Å². The first kappa shape index (κ1) is 16.2. The molecular weight excluding hydrogens is 296 g/mol. The summed E-state index contributed by atoms with van der Waals surface area (Å²) >= 11 is 0. The molecule has 0 aliphatic heterocycles. The summed E-state index contributed by atoms with van der Waals surface area (Å²) in [6, 6.07) is 20.0. The van der Waals surface area contributed by atoms with Crippen LogP contribution in [0.4, 0.5) is 0 Å². The van der Waals surface area contributed by atoms with Crippen LogP contribution in [0.5, 0.6) is 5.75 Å². The fraction of sp³-hybridized carbons (Fsp3) is 0.190. The molecule has 0 saturated heterocycles. The van der Waals surface area contributed by atoms with E-state index in [0.29, 0.717) is 6.54 Å². The molecule has 0 aliphatic carbocycles. The second kappa shape index (κ2) is 7.28. The van der Waals surface area contributed by atoms with Crippen LogP contribution < -0.4 is 0 Å². The highest BCUT2D eigenvalue weighted by Gasteiger charge is 2.05. The molecule has 3 nitrogen and oxygen atoms in total. The average molecular weight is 318 g/mol. The summed E-state index contributed by atoms with van der Waals surface area (Å²) in [5.74, 6) is 0.263. The number of benzene rings is 3. The van der Waals surface area contributed by atoms with E-state index < -0.39 is 0 Å². The van der Waals surface area contributed by atoms with E-state index in [1.807, 2.05) is 36.4 Å². The van der Waals surface area contributed by atoms with Crippen molar-refractivity contribution >= 4 is 17.0 Å². The highest BCUT2D eigenvalue weighted by Crippen LogP contribution is 2.25. The fourth-order valence-electron chi connectivity index (χ4n) is 2.86. The largest absolute Gasteiger partial charge is 0.507 e. The van der Waals surface area contributed by atoms with E-state index in [1.54, 1.807) is 12.3 Å². The standard InChI is InChI=1S/C21H22N2O/c1-23(2)15-18-9-4-3-8-17(18)13-22-14-20-19-10-6-5-7-16(19)11-12-21(20)24/h3-12,14,24H,13,15H2,1-2H3. The van der Waals surface area contributed by atoms with Gasteiger partial charge in [0, 0.05) is 18.3 Å². The van der Waals surface area contributed by atoms with Gasteiger partial charge in [0.05, 0.1) is 6.54 Å². The second-order valence-electron chi connectivity index (χ2n) is 6.20. The number of aliphatic imine (C=N–C) groups is 1. The number of fused-ring (bicyclic) bond motifs is 1. The average Bonchev–Trinajstić information content (AvgIpc) is 2.58. The van der Waals surface area contributed by atoms with Crippen LogP contribution in [-0.2, 0) is 13.1 Å². The Morgan fingerprint density at radius 1 is 0.917 bits per heavy atom. The monoisotopic (exact) mass is 318 g/mol. The Morgan fingerprint density at radius 2 is 1.62 bits per heavy atom. The van der Waals surface area contributed by atoms with Crippen LogP contribution in [0, 0.1) is 0 Å². The summed E-state index contributed by atoms with van der Waals surface area (Å²) in [4.78, 5) is 6.74. The van der Waals surface area contributed by atoms with Gasteiger partial charge in [-0.2, -0.15) is 0 Å². The molecule has 122 valence electrons. The van der Waals surface area contributed by atoms with Gasteiger partial charge in [0.1, 0.15) is 5.75 Å². The molecule has 0 aliphatic rings. The van der Waals surface area contributed by atoms with E-state index >= 15 is 0 Å². The van der Waals surface area contributed by atoms with E-state index in [1.165, 1.54) is 11.1 Å². The number of rotatable bonds is 5. The van der Waals surface area contributed by atoms with E-state index in [2.05, 4.69) is 42.2 Å². The van der Waals surface area contributed by atoms with Gasteiger partial charge in [0.2, 0.25) is 0 Å². The number of phenols is 1. The zero-order chi connectivity index (χ0) is 16.9. The van der Waals surface area contributed by atoms with Crippen molar-refractivity contribution in [2.75, 3.05) is 14.1 Å². The number of hydrogen-bond donors (Lipinski definition) is 1. The van der Waals surface area contributed by atoms with Crippen molar-refractivity contribution in [1.82, 2.24) is 4.90 Å². The number of aromatic hydroxyl groups is 1. The predicted octanol–water partition coefficient (Wildman–Crippen LogP) is 4.23. The highest BCUT2D eigenvalue weighted by molar-refractivity contribution is 6.02. The van der Waals surface area contributed by atoms with Crippen LogP contribution in [0.1, 0.15) is 16.7 Å². The summed E-state index contributed by atoms with van der Waals surface area (Å²) in [5.41, 5.74) is 3.27. The van der Waals surface area contributed by atoms with Crippen molar-refractivity contribution < 1.29 is 5.11 Å². The van der Waals surface area contributed by atoms with E-state index in [9.17, 15) is 5.11 Å². The lowest BCUT2D eigenvalue weighted by Gasteiger charge is -2.13. The molecule has 0 saturated carbocycles. The molecule has 0 aromatic heterocycles. The minimum absolute atomic E-state index is 0.263. The van der Waals surface area contributed by atoms with Gasteiger partial charge in [-0.3, -0.25) is 4.99 Å². The predicted molar refractivity (Wildman–Crippen MR) is 101 cm³/mol. The van der Waals surface area contributed by atoms with Crippen LogP contribution in [0.2, 0.25) is 0 Å². The molecule has 24 heavy (non-hydrogen) atoms. The molecule has 3 aromatic carbocycles. The van der Waals surface area contributed by atoms with Gasteiger partial charge in [0.25, 0.3) is 0 Å². The highest BCUT2D eigenvalue weighted by atomic mass is 16.3. The molecule has 0 amide bonds. The van der Waals surface area contributed by atoms with Gasteiger partial charge in [-0.15, -0.1) is 0 Å². The van der Waals surface area contributed by atoms with Crippen molar-refractivity contribution in [3.63, 3.8) is 0 Å². The lowest BCUT2D eigenvalue weighted by molar-refractivity contribution is 0.401. The molecule has 0 unspecified atom stereocenters. The Balaban J connectivity index is 1.87. The Morgan fingerprint density at radius 3 is 2.42 bits per heavy atom. The number of nitrogens with zero attached hydrogens (tertiary/aromatic N) is 2. The first-order valence-corrected chi connectivity index (χ1v) is 8.07. The number of hydrogen-bond acceptors (Lipinski definition) is 3. The van der Waals surface area contributed by atoms with Crippen molar-refractivity contribution in [1.29, 1.82) is 0 Å². The van der Waals surface area contributed by atoms with Crippen LogP contribution >= 0.6 is 0 Å². The third kappa shape index (κ3) is 3.63. The maximum Gasteiger partial charge on any atom is 0.124 e. The van der Waals surface area contributed by atoms with Gasteiger partial charge >= 0.3 is 0 Å². The van der Waals surface area contributed by atoms with Gasteiger partial charge in [-0.25, -0.2) is 0 Å². The minimum atomic E-state index is 0.263. The molecule has 0 heterocycles. The maximum absolute atomic E-state index is 10.2. The lowest BCUT2D eigenvalue weighted by Crippen LogP contribution is -2.12. The van der Waals surface area contributed by atoms with E-state index in [0.717, 1.165) is 22.9 Å². The van der Waals surface area contributed by atoms with Crippen molar-refractivity contribution in [3.8, 4) is 5.75 Å². The Hall–Kier alpha value is -2.65. The SMILES string of the molecule is CN(C)Cc1ccccc1CN=Cc1c(O)ccc2ccccc12. The molecular formula is C21H22N2O. The van der Waals surface area contributed by atoms with Crippen molar-refractivity contribution in [2.24, 2.45) is 4.99 Å². The summed E-state index contributed by atoms with van der Waals surface area (Å²) in [5, 5.41) is 12.3. The molecule has 3 aromatic rings. The van der Waals surface area contributed by atoms with Crippen molar-refractivity contribution in [2.45, 2.75) is 13.1 Å². The Bertz CT molecular complexity index is 869. The molecule has 1 N–H and O–H groups in total. The topological polar surface area (TPSA) is 35.8 Å². The van der Waals surface area contributed by atoms with Crippen LogP contribution in [0.3, 0.4) is 0 Å². The van der Waals surface area contributed by atoms with Crippen LogP contribution in [-0.4, -0.2) is 30.3 Å². The molecule has 0 fully saturated rings. The molecule has 3 rings (SSSR count). The van der Waals surface area contributed by atoms with Gasteiger partial charge in [0.15, 0.2) is 0 Å². The summed E-state index contributed by atoms with van der Waals surface area (Å²) in [6.07, 6.45) is 1.78. The fourth-order valence-corrected chi connectivity index (χ4v) is 2.86. The van der Waals surface area contributed by atoms with E-state index in [-0.39, 0.29) is 5.75 Å². The van der Waals surface area contributed by atoms with Gasteiger partial charge < -0.3 is 10.0 Å². The third-order valence-corrected chi connectivity index (χ3v) is 4.03. The third-order valence-electron chi connectivity index (χ3n) is 4.03. The first-order valence-electron chi connectivity index (χ1n) is 8.07. The molecule has 3 heteroatoms. The Kier molecular flexibility index (Phi) is 4.92. The minimum Gasteiger partial charge on any atom is -0.507 e.